The zero-order valence-electron chi connectivity index (χ0n) is 11.5. The van der Waals surface area contributed by atoms with Crippen LogP contribution in [0.3, 0.4) is 0 Å². The highest BCUT2D eigenvalue weighted by molar-refractivity contribution is 6.22. The van der Waals surface area contributed by atoms with Crippen LogP contribution >= 0.6 is 0 Å². The van der Waals surface area contributed by atoms with E-state index in [1.165, 1.54) is 39.0 Å². The van der Waals surface area contributed by atoms with Crippen LogP contribution in [0.2, 0.25) is 0 Å². The minimum atomic E-state index is -0.964. The number of amidine groups is 1. The van der Waals surface area contributed by atoms with Gasteiger partial charge in [-0.3, -0.25) is 4.79 Å². The monoisotopic (exact) mass is 280 g/mol. The van der Waals surface area contributed by atoms with E-state index in [0.29, 0.717) is 0 Å². The number of esters is 1. The number of carbonyl (C=O) groups excluding carboxylic acids is 3. The summed E-state index contributed by atoms with van der Waals surface area (Å²) in [6.07, 6.45) is 1.34. The molecule has 2 heterocycles. The molecule has 3 amide bonds. The number of fused-ring (bicyclic) bond motifs is 1. The Morgan fingerprint density at radius 3 is 2.60 bits per heavy atom. The molecule has 0 aromatic heterocycles. The van der Waals surface area contributed by atoms with Crippen LogP contribution in [0.4, 0.5) is 4.79 Å². The van der Waals surface area contributed by atoms with Gasteiger partial charge < -0.3 is 9.47 Å². The summed E-state index contributed by atoms with van der Waals surface area (Å²) in [5.74, 6) is -1.87. The van der Waals surface area contributed by atoms with Gasteiger partial charge in [-0.1, -0.05) is 4.99 Å². The number of dihydropyridines is 1. The summed E-state index contributed by atoms with van der Waals surface area (Å²) in [4.78, 5) is 41.0. The Bertz CT molecular complexity index is 602. The predicted octanol–water partition coefficient (Wildman–Crippen LogP) is -0.607. The maximum absolute atomic E-state index is 12.2. The van der Waals surface area contributed by atoms with Crippen LogP contribution in [0, 0.1) is 5.92 Å². The maximum atomic E-state index is 12.2. The van der Waals surface area contributed by atoms with Gasteiger partial charge in [-0.05, 0) is 0 Å². The maximum Gasteiger partial charge on any atom is 0.445 e. The van der Waals surface area contributed by atoms with Gasteiger partial charge in [0.05, 0.1) is 33.9 Å². The molecule has 0 saturated heterocycles. The lowest BCUT2D eigenvalue weighted by Crippen LogP contribution is -2.54. The first kappa shape index (κ1) is 13.9. The minimum Gasteiger partial charge on any atom is -0.469 e. The van der Waals surface area contributed by atoms with Crippen molar-refractivity contribution in [1.82, 2.24) is 4.90 Å². The van der Waals surface area contributed by atoms with Crippen LogP contribution in [-0.4, -0.2) is 67.4 Å². The van der Waals surface area contributed by atoms with Gasteiger partial charge in [0, 0.05) is 6.08 Å². The highest BCUT2D eigenvalue weighted by atomic mass is 16.5. The zero-order chi connectivity index (χ0) is 15.0. The molecule has 0 spiro atoms. The molecule has 0 fully saturated rings. The van der Waals surface area contributed by atoms with Gasteiger partial charge >= 0.3 is 17.9 Å². The van der Waals surface area contributed by atoms with E-state index in [4.69, 9.17) is 4.74 Å². The molecule has 8 heteroatoms. The molecule has 2 rings (SSSR count). The Hall–Kier alpha value is -2.51. The Morgan fingerprint density at radius 2 is 2.05 bits per heavy atom. The summed E-state index contributed by atoms with van der Waals surface area (Å²) in [5, 5.41) is 0. The van der Waals surface area contributed by atoms with Gasteiger partial charge in [-0.2, -0.15) is 9.48 Å². The zero-order valence-corrected chi connectivity index (χ0v) is 11.5. The lowest BCUT2D eigenvalue weighted by Gasteiger charge is -2.26. The topological polar surface area (TPSA) is 88.3 Å². The van der Waals surface area contributed by atoms with E-state index in [9.17, 15) is 14.4 Å². The van der Waals surface area contributed by atoms with E-state index < -0.39 is 23.8 Å². The largest absolute Gasteiger partial charge is 0.469 e. The summed E-state index contributed by atoms with van der Waals surface area (Å²) < 4.78 is 10.9. The minimum absolute atomic E-state index is 0.0885. The molecule has 8 nitrogen and oxygen atoms in total. The molecule has 2 aliphatic heterocycles. The number of imide groups is 1. The Labute approximate surface area is 115 Å². The summed E-state index contributed by atoms with van der Waals surface area (Å²) >= 11 is 0. The third kappa shape index (κ3) is 1.89. The second-order valence-corrected chi connectivity index (χ2v) is 4.28. The standard InChI is InChI=1S/C12H14N3O5/c1-14-9-8(10(16)15(2)12(14)18)6(11(17)20-4)5-7(13-9)19-3/h5,8H,1-4H3/q+1. The van der Waals surface area contributed by atoms with Crippen molar-refractivity contribution < 1.29 is 28.4 Å². The summed E-state index contributed by atoms with van der Waals surface area (Å²) in [6.45, 7) is 0. The highest BCUT2D eigenvalue weighted by Gasteiger charge is 2.50. The van der Waals surface area contributed by atoms with Gasteiger partial charge in [0.25, 0.3) is 11.7 Å². The number of rotatable bonds is 1. The van der Waals surface area contributed by atoms with Gasteiger partial charge in [0.1, 0.15) is 0 Å². The van der Waals surface area contributed by atoms with E-state index in [1.807, 2.05) is 0 Å². The van der Waals surface area contributed by atoms with Crippen molar-refractivity contribution in [3.05, 3.63) is 11.6 Å². The van der Waals surface area contributed by atoms with Crippen LogP contribution < -0.4 is 0 Å². The van der Waals surface area contributed by atoms with Crippen molar-refractivity contribution in [1.29, 1.82) is 0 Å². The third-order valence-electron chi connectivity index (χ3n) is 3.20. The first-order chi connectivity index (χ1) is 9.42. The van der Waals surface area contributed by atoms with E-state index in [2.05, 4.69) is 9.73 Å². The summed E-state index contributed by atoms with van der Waals surface area (Å²) in [7, 11) is 5.42. The van der Waals surface area contributed by atoms with Crippen LogP contribution in [-0.2, 0) is 19.1 Å². The van der Waals surface area contributed by atoms with E-state index in [0.717, 1.165) is 4.90 Å². The molecule has 0 N–H and O–H groups in total. The number of ether oxygens (including phenoxy) is 2. The van der Waals surface area contributed by atoms with Crippen molar-refractivity contribution in [3.63, 3.8) is 0 Å². The van der Waals surface area contributed by atoms with Gasteiger partial charge in [-0.15, -0.1) is 0 Å². The molecule has 0 saturated carbocycles. The second kappa shape index (κ2) is 4.87. The van der Waals surface area contributed by atoms with Gasteiger partial charge in [0.15, 0.2) is 5.92 Å². The Balaban J connectivity index is 2.65. The molecule has 2 aliphatic rings. The normalized spacial score (nSPS) is 22.2. The molecule has 106 valence electrons. The molecule has 0 aliphatic carbocycles. The van der Waals surface area contributed by atoms with Crippen LogP contribution in [0.1, 0.15) is 0 Å². The fourth-order valence-corrected chi connectivity index (χ4v) is 2.09. The Morgan fingerprint density at radius 1 is 1.40 bits per heavy atom. The quantitative estimate of drug-likeness (QED) is 0.472. The molecule has 0 bridgehead atoms. The van der Waals surface area contributed by atoms with Crippen molar-refractivity contribution in [3.8, 4) is 0 Å². The number of amides is 3. The van der Waals surface area contributed by atoms with Crippen molar-refractivity contribution in [2.75, 3.05) is 28.3 Å². The Kier molecular flexibility index (Phi) is 3.39. The number of nitrogens with zero attached hydrogens (tertiary/aromatic N) is 3. The number of methoxy groups -OCH3 is 2. The number of urea groups is 1. The number of aliphatic imine (C=N–C) groups is 1. The summed E-state index contributed by atoms with van der Waals surface area (Å²) in [5.41, 5.74) is 0.0885. The second-order valence-electron chi connectivity index (χ2n) is 4.28. The first-order valence-electron chi connectivity index (χ1n) is 5.77. The number of hydrogen-bond acceptors (Lipinski definition) is 6. The van der Waals surface area contributed by atoms with Crippen LogP contribution in [0.25, 0.3) is 0 Å². The highest BCUT2D eigenvalue weighted by Crippen LogP contribution is 2.25. The predicted molar refractivity (Wildman–Crippen MR) is 67.4 cm³/mol. The lowest BCUT2D eigenvalue weighted by molar-refractivity contribution is -0.407. The average Bonchev–Trinajstić information content (AvgIpc) is 2.48. The summed E-state index contributed by atoms with van der Waals surface area (Å²) in [6, 6.07) is -0.522. The molecular weight excluding hydrogens is 266 g/mol. The molecule has 1 atom stereocenters. The smallest absolute Gasteiger partial charge is 0.445 e. The number of carbonyl (C=O) groups is 3. The van der Waals surface area contributed by atoms with Gasteiger partial charge in [0.2, 0.25) is 0 Å². The fraction of sp³-hybridized carbons (Fsp3) is 0.417. The van der Waals surface area contributed by atoms with Crippen molar-refractivity contribution in [2.45, 2.75) is 0 Å². The molecule has 0 aromatic carbocycles. The molecular formula is C12H14N3O5+. The molecule has 0 radical (unpaired) electrons. The van der Waals surface area contributed by atoms with Crippen molar-refractivity contribution in [2.24, 2.45) is 10.9 Å². The average molecular weight is 280 g/mol. The third-order valence-corrected chi connectivity index (χ3v) is 3.20. The first-order valence-corrected chi connectivity index (χ1v) is 5.77. The van der Waals surface area contributed by atoms with Gasteiger partial charge in [-0.25, -0.2) is 9.59 Å². The van der Waals surface area contributed by atoms with E-state index >= 15 is 0 Å². The van der Waals surface area contributed by atoms with E-state index in [-0.39, 0.29) is 17.3 Å². The van der Waals surface area contributed by atoms with E-state index in [1.54, 1.807) is 0 Å². The fourth-order valence-electron chi connectivity index (χ4n) is 2.09. The molecule has 1 unspecified atom stereocenters. The molecule has 20 heavy (non-hydrogen) atoms. The number of hydrogen-bond donors (Lipinski definition) is 0. The van der Waals surface area contributed by atoms with Crippen molar-refractivity contribution >= 4 is 29.6 Å². The van der Waals surface area contributed by atoms with Crippen LogP contribution in [0.5, 0.6) is 0 Å². The van der Waals surface area contributed by atoms with Crippen LogP contribution in [0.15, 0.2) is 16.6 Å². The lowest BCUT2D eigenvalue weighted by atomic mass is 9.92. The SMILES string of the molecule is COC(=O)C1=CC(OC)=NC2=[N+](C)C(=O)N(C)C(=O)C12. The molecule has 0 aromatic rings.